The van der Waals surface area contributed by atoms with Gasteiger partial charge in [0.15, 0.2) is 0 Å². The van der Waals surface area contributed by atoms with Gasteiger partial charge in [-0.05, 0) is 45.8 Å². The van der Waals surface area contributed by atoms with Gasteiger partial charge in [-0.1, -0.05) is 36.4 Å². The Kier molecular flexibility index (Phi) is 4.77. The third-order valence-electron chi connectivity index (χ3n) is 6.24. The second-order valence-electron chi connectivity index (χ2n) is 8.58. The lowest BCUT2D eigenvalue weighted by atomic mass is 9.68. The van der Waals surface area contributed by atoms with Crippen LogP contribution in [0.1, 0.15) is 22.4 Å². The molecule has 2 aromatic heterocycles. The van der Waals surface area contributed by atoms with E-state index in [0.29, 0.717) is 5.82 Å². The number of tetrazole rings is 1. The molecule has 0 saturated heterocycles. The average Bonchev–Trinajstić information content (AvgIpc) is 3.48. The van der Waals surface area contributed by atoms with Crippen molar-refractivity contribution in [3.63, 3.8) is 0 Å². The van der Waals surface area contributed by atoms with E-state index < -0.39 is 0 Å². The highest BCUT2D eigenvalue weighted by molar-refractivity contribution is 5.73. The van der Waals surface area contributed by atoms with E-state index in [1.807, 2.05) is 0 Å². The first-order valence-corrected chi connectivity index (χ1v) is 10.5. The van der Waals surface area contributed by atoms with Gasteiger partial charge in [-0.25, -0.2) is 5.10 Å². The van der Waals surface area contributed by atoms with Crippen LogP contribution in [0.4, 0.5) is 11.4 Å². The molecule has 0 unspecified atom stereocenters. The van der Waals surface area contributed by atoms with Crippen LogP contribution in [0.2, 0.25) is 0 Å². The normalized spacial score (nSPS) is 14.2. The Morgan fingerprint density at radius 2 is 1.41 bits per heavy atom. The van der Waals surface area contributed by atoms with Gasteiger partial charge in [0.05, 0.1) is 0 Å². The molecule has 0 saturated carbocycles. The van der Waals surface area contributed by atoms with E-state index in [9.17, 15) is 0 Å². The van der Waals surface area contributed by atoms with Crippen molar-refractivity contribution < 1.29 is 0 Å². The SMILES string of the molecule is CN(C)c1ccc(C2(c3ccc(N(C)C)cc3)C=Cc3c(-c4nnn[nH]4)n[nH]c3C2)cc1. The van der Waals surface area contributed by atoms with Crippen LogP contribution in [0.3, 0.4) is 0 Å². The minimum absolute atomic E-state index is 0.313. The van der Waals surface area contributed by atoms with Crippen LogP contribution >= 0.6 is 0 Å². The molecule has 4 aromatic rings. The molecule has 5 rings (SSSR count). The second-order valence-corrected chi connectivity index (χ2v) is 8.58. The van der Waals surface area contributed by atoms with E-state index in [0.717, 1.165) is 23.4 Å². The van der Waals surface area contributed by atoms with Gasteiger partial charge in [0.25, 0.3) is 0 Å². The Morgan fingerprint density at radius 1 is 0.812 bits per heavy atom. The molecule has 1 aliphatic rings. The molecular formula is C24H26N8. The fourth-order valence-electron chi connectivity index (χ4n) is 4.38. The zero-order chi connectivity index (χ0) is 22.3. The summed E-state index contributed by atoms with van der Waals surface area (Å²) in [5, 5.41) is 22.0. The fourth-order valence-corrected chi connectivity index (χ4v) is 4.38. The van der Waals surface area contributed by atoms with Gasteiger partial charge >= 0.3 is 0 Å². The van der Waals surface area contributed by atoms with E-state index >= 15 is 0 Å². The standard InChI is InChI=1S/C24H26N8/c1-31(2)18-9-5-16(6-10-18)24(17-7-11-19(12-8-17)32(3)4)14-13-20-21(15-24)25-26-22(20)23-27-29-30-28-23/h5-14H,15H2,1-4H3,(H,25,26)(H,27,28,29,30). The summed E-state index contributed by atoms with van der Waals surface area (Å²) in [6.07, 6.45) is 5.18. The number of nitrogens with one attached hydrogen (secondary N) is 2. The molecule has 0 radical (unpaired) electrons. The minimum Gasteiger partial charge on any atom is -0.378 e. The van der Waals surface area contributed by atoms with Crippen molar-refractivity contribution in [2.75, 3.05) is 38.0 Å². The van der Waals surface area contributed by atoms with Gasteiger partial charge in [-0.2, -0.15) is 5.10 Å². The van der Waals surface area contributed by atoms with Crippen molar-refractivity contribution in [1.82, 2.24) is 30.8 Å². The van der Waals surface area contributed by atoms with Crippen molar-refractivity contribution in [2.24, 2.45) is 0 Å². The zero-order valence-corrected chi connectivity index (χ0v) is 18.7. The monoisotopic (exact) mass is 426 g/mol. The lowest BCUT2D eigenvalue weighted by Crippen LogP contribution is -2.30. The molecule has 0 amide bonds. The van der Waals surface area contributed by atoms with Crippen LogP contribution in [-0.4, -0.2) is 59.0 Å². The molecule has 2 N–H and O–H groups in total. The summed E-state index contributed by atoms with van der Waals surface area (Å²) in [6, 6.07) is 17.6. The van der Waals surface area contributed by atoms with Crippen molar-refractivity contribution in [3.8, 4) is 11.5 Å². The number of anilines is 2. The van der Waals surface area contributed by atoms with E-state index in [1.54, 1.807) is 0 Å². The van der Waals surface area contributed by atoms with Crippen LogP contribution < -0.4 is 9.80 Å². The quantitative estimate of drug-likeness (QED) is 0.509. The number of fused-ring (bicyclic) bond motifs is 1. The maximum atomic E-state index is 4.50. The van der Waals surface area contributed by atoms with Crippen LogP contribution in [0.25, 0.3) is 17.6 Å². The summed E-state index contributed by atoms with van der Waals surface area (Å²) in [5.74, 6) is 0.560. The van der Waals surface area contributed by atoms with Crippen LogP contribution in [0, 0.1) is 0 Å². The predicted molar refractivity (Wildman–Crippen MR) is 127 cm³/mol. The van der Waals surface area contributed by atoms with Crippen LogP contribution in [-0.2, 0) is 11.8 Å². The van der Waals surface area contributed by atoms with Gasteiger partial charge in [0.2, 0.25) is 5.82 Å². The number of hydrogen-bond acceptors (Lipinski definition) is 6. The minimum atomic E-state index is -0.313. The second kappa shape index (κ2) is 7.64. The van der Waals surface area contributed by atoms with Crippen LogP contribution in [0.5, 0.6) is 0 Å². The van der Waals surface area contributed by atoms with Gasteiger partial charge in [-0.15, -0.1) is 5.10 Å². The first-order chi connectivity index (χ1) is 15.5. The highest BCUT2D eigenvalue weighted by Crippen LogP contribution is 2.43. The first-order valence-electron chi connectivity index (χ1n) is 10.5. The molecule has 1 aliphatic carbocycles. The summed E-state index contributed by atoms with van der Waals surface area (Å²) in [4.78, 5) is 4.23. The van der Waals surface area contributed by atoms with E-state index in [-0.39, 0.29) is 5.41 Å². The van der Waals surface area contributed by atoms with Gasteiger partial charge in [0, 0.05) is 62.7 Å². The summed E-state index contributed by atoms with van der Waals surface area (Å²) in [6.45, 7) is 0. The van der Waals surface area contributed by atoms with E-state index in [4.69, 9.17) is 0 Å². The summed E-state index contributed by atoms with van der Waals surface area (Å²) in [7, 11) is 8.23. The van der Waals surface area contributed by atoms with Crippen molar-refractivity contribution in [2.45, 2.75) is 11.8 Å². The summed E-state index contributed by atoms with van der Waals surface area (Å²) in [5.41, 5.74) is 7.33. The molecule has 0 fully saturated rings. The van der Waals surface area contributed by atoms with Crippen molar-refractivity contribution >= 4 is 17.5 Å². The molecule has 0 aliphatic heterocycles. The smallest absolute Gasteiger partial charge is 0.200 e. The maximum Gasteiger partial charge on any atom is 0.200 e. The molecular weight excluding hydrogens is 400 g/mol. The third kappa shape index (κ3) is 3.24. The topological polar surface area (TPSA) is 89.6 Å². The third-order valence-corrected chi connectivity index (χ3v) is 6.24. The van der Waals surface area contributed by atoms with Crippen molar-refractivity contribution in [3.05, 3.63) is 77.0 Å². The number of hydrogen-bond donors (Lipinski definition) is 2. The molecule has 32 heavy (non-hydrogen) atoms. The molecule has 0 atom stereocenters. The first kappa shape index (κ1) is 20.0. The Hall–Kier alpha value is -3.94. The Bertz CT molecular complexity index is 1180. The van der Waals surface area contributed by atoms with Crippen molar-refractivity contribution in [1.29, 1.82) is 0 Å². The number of aromatic amines is 2. The molecule has 2 heterocycles. The number of rotatable bonds is 5. The number of benzene rings is 2. The molecule has 2 aromatic carbocycles. The largest absolute Gasteiger partial charge is 0.378 e. The lowest BCUT2D eigenvalue weighted by molar-refractivity contribution is 0.620. The van der Waals surface area contributed by atoms with E-state index in [1.165, 1.54) is 22.5 Å². The Balaban J connectivity index is 1.62. The zero-order valence-electron chi connectivity index (χ0n) is 18.7. The van der Waals surface area contributed by atoms with Gasteiger partial charge in [-0.3, -0.25) is 5.10 Å². The summed E-state index contributed by atoms with van der Waals surface area (Å²) < 4.78 is 0. The number of allylic oxidation sites excluding steroid dienone is 1. The predicted octanol–water partition coefficient (Wildman–Crippen LogP) is 3.28. The lowest BCUT2D eigenvalue weighted by Gasteiger charge is -2.35. The highest BCUT2D eigenvalue weighted by atomic mass is 15.5. The van der Waals surface area contributed by atoms with E-state index in [2.05, 4.69) is 129 Å². The average molecular weight is 427 g/mol. The summed E-state index contributed by atoms with van der Waals surface area (Å²) >= 11 is 0. The number of H-pyrrole nitrogens is 2. The molecule has 0 spiro atoms. The molecule has 162 valence electrons. The van der Waals surface area contributed by atoms with Gasteiger partial charge < -0.3 is 9.80 Å². The highest BCUT2D eigenvalue weighted by Gasteiger charge is 2.37. The number of aromatic nitrogens is 6. The Labute approximate surface area is 187 Å². The van der Waals surface area contributed by atoms with Gasteiger partial charge in [0.1, 0.15) is 5.69 Å². The molecule has 0 bridgehead atoms. The maximum absolute atomic E-state index is 4.50. The van der Waals surface area contributed by atoms with Crippen LogP contribution in [0.15, 0.2) is 54.6 Å². The molecule has 8 nitrogen and oxygen atoms in total. The molecule has 8 heteroatoms. The fraction of sp³-hybridized carbons (Fsp3) is 0.250. The Morgan fingerprint density at radius 3 is 1.91 bits per heavy atom. The number of nitrogens with zero attached hydrogens (tertiary/aromatic N) is 6.